The Balaban J connectivity index is 1.63. The van der Waals surface area contributed by atoms with Gasteiger partial charge in [-0.3, -0.25) is 0 Å². The van der Waals surface area contributed by atoms with Gasteiger partial charge in [0.1, 0.15) is 5.75 Å². The Bertz CT molecular complexity index is 562. The van der Waals surface area contributed by atoms with Crippen LogP contribution < -0.4 is 20.3 Å². The van der Waals surface area contributed by atoms with Gasteiger partial charge in [-0.2, -0.15) is 0 Å². The number of aromatic nitrogens is 2. The van der Waals surface area contributed by atoms with Crippen molar-refractivity contribution < 1.29 is 4.74 Å². The van der Waals surface area contributed by atoms with Crippen LogP contribution in [0.25, 0.3) is 0 Å². The van der Waals surface area contributed by atoms with Gasteiger partial charge in [0.2, 0.25) is 10.3 Å². The molecule has 2 aromatic rings. The smallest absolute Gasteiger partial charge is 0.210 e. The minimum atomic E-state index is 0.526. The van der Waals surface area contributed by atoms with Crippen molar-refractivity contribution in [2.45, 2.75) is 0 Å². The highest BCUT2D eigenvalue weighted by Crippen LogP contribution is 2.25. The van der Waals surface area contributed by atoms with Gasteiger partial charge < -0.3 is 20.3 Å². The van der Waals surface area contributed by atoms with E-state index < -0.39 is 0 Å². The Kier molecular flexibility index (Phi) is 3.60. The molecule has 2 heterocycles. The molecule has 1 aromatic carbocycles. The molecule has 0 unspecified atom stereocenters. The summed E-state index contributed by atoms with van der Waals surface area (Å²) in [6.45, 7) is 3.79. The molecule has 1 aliphatic heterocycles. The van der Waals surface area contributed by atoms with Gasteiger partial charge in [0.15, 0.2) is 0 Å². The van der Waals surface area contributed by atoms with E-state index in [1.807, 2.05) is 12.1 Å². The van der Waals surface area contributed by atoms with Gasteiger partial charge in [0.25, 0.3) is 0 Å². The number of hydrogen-bond donors (Lipinski definition) is 1. The van der Waals surface area contributed by atoms with Crippen LogP contribution >= 0.6 is 11.3 Å². The van der Waals surface area contributed by atoms with Crippen molar-refractivity contribution in [3.8, 4) is 5.75 Å². The molecule has 0 spiro atoms. The average molecular weight is 291 g/mol. The lowest BCUT2D eigenvalue weighted by Gasteiger charge is -2.35. The number of ether oxygens (including phenoxy) is 1. The van der Waals surface area contributed by atoms with E-state index in [4.69, 9.17) is 10.5 Å². The van der Waals surface area contributed by atoms with Crippen LogP contribution in [-0.4, -0.2) is 43.5 Å². The number of methoxy groups -OCH3 is 1. The molecule has 3 rings (SSSR count). The van der Waals surface area contributed by atoms with Crippen LogP contribution in [0.4, 0.5) is 16.0 Å². The number of nitrogens with two attached hydrogens (primary N) is 1. The molecule has 106 valence electrons. The highest BCUT2D eigenvalue weighted by atomic mass is 32.1. The molecule has 20 heavy (non-hydrogen) atoms. The summed E-state index contributed by atoms with van der Waals surface area (Å²) in [5.74, 6) is 0.886. The maximum absolute atomic E-state index is 5.63. The fourth-order valence-corrected chi connectivity index (χ4v) is 2.97. The molecule has 0 saturated carbocycles. The van der Waals surface area contributed by atoms with Gasteiger partial charge in [-0.05, 0) is 24.3 Å². The highest BCUT2D eigenvalue weighted by Gasteiger charge is 2.20. The Morgan fingerprint density at radius 3 is 2.25 bits per heavy atom. The van der Waals surface area contributed by atoms with Gasteiger partial charge in [0.05, 0.1) is 7.11 Å². The topological polar surface area (TPSA) is 67.5 Å². The van der Waals surface area contributed by atoms with E-state index in [0.717, 1.165) is 37.1 Å². The second-order valence-corrected chi connectivity index (χ2v) is 5.58. The summed E-state index contributed by atoms with van der Waals surface area (Å²) in [6, 6.07) is 8.18. The molecule has 1 saturated heterocycles. The lowest BCUT2D eigenvalue weighted by atomic mass is 10.2. The van der Waals surface area contributed by atoms with Crippen LogP contribution in [0, 0.1) is 0 Å². The molecular weight excluding hydrogens is 274 g/mol. The largest absolute Gasteiger partial charge is 0.497 e. The van der Waals surface area contributed by atoms with Gasteiger partial charge in [-0.25, -0.2) is 0 Å². The Morgan fingerprint density at radius 2 is 1.70 bits per heavy atom. The summed E-state index contributed by atoms with van der Waals surface area (Å²) in [4.78, 5) is 4.59. The monoisotopic (exact) mass is 291 g/mol. The molecule has 7 heteroatoms. The number of benzene rings is 1. The van der Waals surface area contributed by atoms with Crippen molar-refractivity contribution in [2.75, 3.05) is 48.8 Å². The quantitative estimate of drug-likeness (QED) is 0.923. The Labute approximate surface area is 121 Å². The van der Waals surface area contributed by atoms with Crippen LogP contribution in [0.3, 0.4) is 0 Å². The maximum atomic E-state index is 5.63. The molecule has 2 N–H and O–H groups in total. The van der Waals surface area contributed by atoms with Crippen molar-refractivity contribution in [2.24, 2.45) is 0 Å². The minimum Gasteiger partial charge on any atom is -0.497 e. The molecule has 0 radical (unpaired) electrons. The van der Waals surface area contributed by atoms with E-state index in [-0.39, 0.29) is 0 Å². The van der Waals surface area contributed by atoms with E-state index >= 15 is 0 Å². The number of piperazine rings is 1. The fraction of sp³-hybridized carbons (Fsp3) is 0.385. The van der Waals surface area contributed by atoms with Crippen LogP contribution in [-0.2, 0) is 0 Å². The first-order valence-electron chi connectivity index (χ1n) is 6.49. The van der Waals surface area contributed by atoms with Gasteiger partial charge in [0, 0.05) is 31.9 Å². The normalized spacial score (nSPS) is 15.4. The zero-order valence-electron chi connectivity index (χ0n) is 11.3. The van der Waals surface area contributed by atoms with E-state index in [0.29, 0.717) is 5.13 Å². The van der Waals surface area contributed by atoms with Gasteiger partial charge in [-0.1, -0.05) is 11.3 Å². The minimum absolute atomic E-state index is 0.526. The van der Waals surface area contributed by atoms with E-state index in [1.54, 1.807) is 7.11 Å². The molecule has 0 atom stereocenters. The number of hydrogen-bond acceptors (Lipinski definition) is 7. The number of nitrogen functional groups attached to an aromatic ring is 1. The second-order valence-electron chi connectivity index (χ2n) is 4.59. The van der Waals surface area contributed by atoms with Crippen LogP contribution in [0.15, 0.2) is 24.3 Å². The average Bonchev–Trinajstić information content (AvgIpc) is 2.94. The van der Waals surface area contributed by atoms with Crippen molar-refractivity contribution >= 4 is 27.3 Å². The summed E-state index contributed by atoms with van der Waals surface area (Å²) < 4.78 is 5.18. The van der Waals surface area contributed by atoms with Crippen LogP contribution in [0.2, 0.25) is 0 Å². The summed E-state index contributed by atoms with van der Waals surface area (Å²) in [7, 11) is 1.68. The number of anilines is 3. The summed E-state index contributed by atoms with van der Waals surface area (Å²) in [5, 5.41) is 9.40. The standard InChI is InChI=1S/C13H17N5OS/c1-19-11-4-2-10(3-5-11)17-6-8-18(9-7-17)13-16-15-12(14)20-13/h2-5H,6-9H2,1H3,(H2,14,15). The third-order valence-electron chi connectivity index (χ3n) is 3.42. The molecule has 0 aliphatic carbocycles. The Hall–Kier alpha value is -2.02. The van der Waals surface area contributed by atoms with E-state index in [9.17, 15) is 0 Å². The zero-order chi connectivity index (χ0) is 13.9. The van der Waals surface area contributed by atoms with E-state index in [2.05, 4.69) is 32.1 Å². The van der Waals surface area contributed by atoms with Crippen LogP contribution in [0.5, 0.6) is 5.75 Å². The lowest BCUT2D eigenvalue weighted by molar-refractivity contribution is 0.415. The van der Waals surface area contributed by atoms with Gasteiger partial charge >= 0.3 is 0 Å². The SMILES string of the molecule is COc1ccc(N2CCN(c3nnc(N)s3)CC2)cc1. The zero-order valence-corrected chi connectivity index (χ0v) is 12.1. The lowest BCUT2D eigenvalue weighted by Crippen LogP contribution is -2.46. The molecule has 0 bridgehead atoms. The molecule has 1 fully saturated rings. The van der Waals surface area contributed by atoms with Gasteiger partial charge in [-0.15, -0.1) is 10.2 Å². The van der Waals surface area contributed by atoms with Crippen LogP contribution in [0.1, 0.15) is 0 Å². The second kappa shape index (κ2) is 5.54. The van der Waals surface area contributed by atoms with E-state index in [1.165, 1.54) is 17.0 Å². The van der Waals surface area contributed by atoms with Crippen molar-refractivity contribution in [3.63, 3.8) is 0 Å². The molecule has 1 aromatic heterocycles. The molecule has 6 nitrogen and oxygen atoms in total. The molecule has 1 aliphatic rings. The first-order chi connectivity index (χ1) is 9.76. The van der Waals surface area contributed by atoms with Crippen molar-refractivity contribution in [3.05, 3.63) is 24.3 Å². The third kappa shape index (κ3) is 2.62. The Morgan fingerprint density at radius 1 is 1.05 bits per heavy atom. The highest BCUT2D eigenvalue weighted by molar-refractivity contribution is 7.18. The van der Waals surface area contributed by atoms with Crippen molar-refractivity contribution in [1.29, 1.82) is 0 Å². The van der Waals surface area contributed by atoms with Crippen molar-refractivity contribution in [1.82, 2.24) is 10.2 Å². The number of nitrogens with zero attached hydrogens (tertiary/aromatic N) is 4. The first kappa shape index (κ1) is 13.0. The first-order valence-corrected chi connectivity index (χ1v) is 7.31. The summed E-state index contributed by atoms with van der Waals surface area (Å²) >= 11 is 1.44. The maximum Gasteiger partial charge on any atom is 0.210 e. The molecule has 0 amide bonds. The predicted octanol–water partition coefficient (Wildman–Crippen LogP) is 1.46. The fourth-order valence-electron chi connectivity index (χ4n) is 2.30. The predicted molar refractivity (Wildman–Crippen MR) is 81.7 cm³/mol. The third-order valence-corrected chi connectivity index (χ3v) is 4.23. The number of rotatable bonds is 3. The molecular formula is C13H17N5OS. The summed E-state index contributed by atoms with van der Waals surface area (Å²) in [5.41, 5.74) is 6.85. The summed E-state index contributed by atoms with van der Waals surface area (Å²) in [6.07, 6.45) is 0.